The lowest BCUT2D eigenvalue weighted by Gasteiger charge is -2.42. The maximum atomic E-state index is 5.85. The summed E-state index contributed by atoms with van der Waals surface area (Å²) < 4.78 is 0. The van der Waals surface area contributed by atoms with Crippen LogP contribution in [0.1, 0.15) is 38.5 Å². The molecule has 16 heavy (non-hydrogen) atoms. The molecule has 1 saturated heterocycles. The zero-order valence-electron chi connectivity index (χ0n) is 10.7. The van der Waals surface area contributed by atoms with E-state index in [2.05, 4.69) is 16.8 Å². The molecular weight excluding hydrogens is 198 g/mol. The standard InChI is InChI=1S/C13H27N3/c1-15-8-9-16(11-13(15)10-14)12-6-4-2-3-5-7-12/h12-13H,2-11,14H2,1H3. The second-order valence-corrected chi connectivity index (χ2v) is 5.51. The molecule has 0 spiro atoms. The Morgan fingerprint density at radius 2 is 1.75 bits per heavy atom. The van der Waals surface area contributed by atoms with Crippen molar-refractivity contribution in [2.24, 2.45) is 5.73 Å². The average molecular weight is 225 g/mol. The molecule has 1 atom stereocenters. The highest BCUT2D eigenvalue weighted by molar-refractivity contribution is 4.85. The fraction of sp³-hybridized carbons (Fsp3) is 1.00. The summed E-state index contributed by atoms with van der Waals surface area (Å²) in [5.74, 6) is 0. The number of hydrogen-bond acceptors (Lipinski definition) is 3. The van der Waals surface area contributed by atoms with Gasteiger partial charge in [0.2, 0.25) is 0 Å². The van der Waals surface area contributed by atoms with Crippen molar-refractivity contribution in [3.05, 3.63) is 0 Å². The lowest BCUT2D eigenvalue weighted by molar-refractivity contribution is 0.0621. The monoisotopic (exact) mass is 225 g/mol. The number of piperazine rings is 1. The first-order valence-corrected chi connectivity index (χ1v) is 6.95. The van der Waals surface area contributed by atoms with Crippen molar-refractivity contribution in [3.8, 4) is 0 Å². The van der Waals surface area contributed by atoms with Crippen LogP contribution in [0.5, 0.6) is 0 Å². The first-order valence-electron chi connectivity index (χ1n) is 6.95. The molecule has 3 heteroatoms. The Bertz CT molecular complexity index is 199. The molecule has 1 aliphatic heterocycles. The van der Waals surface area contributed by atoms with Gasteiger partial charge in [-0.15, -0.1) is 0 Å². The summed E-state index contributed by atoms with van der Waals surface area (Å²) in [6.07, 6.45) is 8.60. The summed E-state index contributed by atoms with van der Waals surface area (Å²) in [6, 6.07) is 1.43. The number of nitrogens with two attached hydrogens (primary N) is 1. The Labute approximate surface area is 100.0 Å². The molecular formula is C13H27N3. The van der Waals surface area contributed by atoms with E-state index in [0.29, 0.717) is 6.04 Å². The lowest BCUT2D eigenvalue weighted by Crippen LogP contribution is -2.56. The maximum absolute atomic E-state index is 5.85. The van der Waals surface area contributed by atoms with Crippen molar-refractivity contribution >= 4 is 0 Å². The second-order valence-electron chi connectivity index (χ2n) is 5.51. The van der Waals surface area contributed by atoms with Gasteiger partial charge in [-0.25, -0.2) is 0 Å². The van der Waals surface area contributed by atoms with E-state index in [1.807, 2.05) is 0 Å². The molecule has 1 unspecified atom stereocenters. The third-order valence-electron chi connectivity index (χ3n) is 4.42. The Hall–Kier alpha value is -0.120. The number of nitrogens with zero attached hydrogens (tertiary/aromatic N) is 2. The Balaban J connectivity index is 1.88. The summed E-state index contributed by atoms with van der Waals surface area (Å²) in [6.45, 7) is 4.44. The van der Waals surface area contributed by atoms with Crippen LogP contribution in [0.3, 0.4) is 0 Å². The highest BCUT2D eigenvalue weighted by atomic mass is 15.3. The predicted octanol–water partition coefficient (Wildman–Crippen LogP) is 1.28. The number of rotatable bonds is 2. The molecule has 0 aromatic heterocycles. The molecule has 0 amide bonds. The summed E-state index contributed by atoms with van der Waals surface area (Å²) in [5, 5.41) is 0. The van der Waals surface area contributed by atoms with Gasteiger partial charge in [-0.05, 0) is 19.9 Å². The third kappa shape index (κ3) is 2.96. The minimum atomic E-state index is 0.581. The molecule has 1 heterocycles. The van der Waals surface area contributed by atoms with Gasteiger partial charge in [0.1, 0.15) is 0 Å². The van der Waals surface area contributed by atoms with Crippen LogP contribution in [-0.4, -0.2) is 55.1 Å². The molecule has 1 aliphatic carbocycles. The zero-order valence-corrected chi connectivity index (χ0v) is 10.7. The molecule has 0 aromatic rings. The van der Waals surface area contributed by atoms with Crippen LogP contribution in [0, 0.1) is 0 Å². The molecule has 1 saturated carbocycles. The molecule has 0 radical (unpaired) electrons. The van der Waals surface area contributed by atoms with Crippen molar-refractivity contribution < 1.29 is 0 Å². The van der Waals surface area contributed by atoms with E-state index in [1.165, 1.54) is 58.2 Å². The highest BCUT2D eigenvalue weighted by Gasteiger charge is 2.28. The lowest BCUT2D eigenvalue weighted by atomic mass is 10.0. The van der Waals surface area contributed by atoms with Crippen molar-refractivity contribution in [1.82, 2.24) is 9.80 Å². The second kappa shape index (κ2) is 5.99. The highest BCUT2D eigenvalue weighted by Crippen LogP contribution is 2.23. The Morgan fingerprint density at radius 3 is 2.38 bits per heavy atom. The van der Waals surface area contributed by atoms with E-state index in [4.69, 9.17) is 5.73 Å². The quantitative estimate of drug-likeness (QED) is 0.719. The van der Waals surface area contributed by atoms with Gasteiger partial charge in [0, 0.05) is 38.3 Å². The molecule has 0 aromatic carbocycles. The molecule has 3 nitrogen and oxygen atoms in total. The Morgan fingerprint density at radius 1 is 1.06 bits per heavy atom. The topological polar surface area (TPSA) is 32.5 Å². The molecule has 94 valence electrons. The third-order valence-corrected chi connectivity index (χ3v) is 4.42. The van der Waals surface area contributed by atoms with Gasteiger partial charge in [0.05, 0.1) is 0 Å². The van der Waals surface area contributed by atoms with E-state index in [1.54, 1.807) is 0 Å². The van der Waals surface area contributed by atoms with Gasteiger partial charge in [-0.1, -0.05) is 25.7 Å². The van der Waals surface area contributed by atoms with Crippen molar-refractivity contribution in [3.63, 3.8) is 0 Å². The largest absolute Gasteiger partial charge is 0.329 e. The molecule has 2 N–H and O–H groups in total. The molecule has 0 bridgehead atoms. The molecule has 2 fully saturated rings. The minimum absolute atomic E-state index is 0.581. The summed E-state index contributed by atoms with van der Waals surface area (Å²) in [4.78, 5) is 5.13. The van der Waals surface area contributed by atoms with Gasteiger partial charge in [0.15, 0.2) is 0 Å². The van der Waals surface area contributed by atoms with Gasteiger partial charge in [-0.3, -0.25) is 9.80 Å². The maximum Gasteiger partial charge on any atom is 0.0343 e. The van der Waals surface area contributed by atoms with E-state index in [0.717, 1.165) is 12.6 Å². The summed E-state index contributed by atoms with van der Waals surface area (Å²) in [7, 11) is 2.21. The predicted molar refractivity (Wildman–Crippen MR) is 68.5 cm³/mol. The summed E-state index contributed by atoms with van der Waals surface area (Å²) in [5.41, 5.74) is 5.85. The fourth-order valence-electron chi connectivity index (χ4n) is 3.18. The SMILES string of the molecule is CN1CCN(C2CCCCCC2)CC1CN. The first kappa shape index (κ1) is 12.3. The fourth-order valence-corrected chi connectivity index (χ4v) is 3.18. The molecule has 2 rings (SSSR count). The van der Waals surface area contributed by atoms with E-state index >= 15 is 0 Å². The van der Waals surface area contributed by atoms with Crippen LogP contribution in [0.4, 0.5) is 0 Å². The normalized spacial score (nSPS) is 31.5. The van der Waals surface area contributed by atoms with Crippen LogP contribution in [-0.2, 0) is 0 Å². The van der Waals surface area contributed by atoms with Gasteiger partial charge in [-0.2, -0.15) is 0 Å². The minimum Gasteiger partial charge on any atom is -0.329 e. The number of hydrogen-bond donors (Lipinski definition) is 1. The van der Waals surface area contributed by atoms with E-state index < -0.39 is 0 Å². The average Bonchev–Trinajstić information content (AvgIpc) is 2.58. The van der Waals surface area contributed by atoms with Crippen molar-refractivity contribution in [1.29, 1.82) is 0 Å². The number of likely N-dealkylation sites (N-methyl/N-ethyl adjacent to an activating group) is 1. The van der Waals surface area contributed by atoms with Crippen LogP contribution in [0.15, 0.2) is 0 Å². The first-order chi connectivity index (χ1) is 7.81. The smallest absolute Gasteiger partial charge is 0.0343 e. The van der Waals surface area contributed by atoms with Crippen molar-refractivity contribution in [2.45, 2.75) is 50.6 Å². The van der Waals surface area contributed by atoms with Gasteiger partial charge in [0.25, 0.3) is 0 Å². The van der Waals surface area contributed by atoms with Crippen LogP contribution >= 0.6 is 0 Å². The van der Waals surface area contributed by atoms with Crippen LogP contribution in [0.2, 0.25) is 0 Å². The van der Waals surface area contributed by atoms with Gasteiger partial charge >= 0.3 is 0 Å². The molecule has 2 aliphatic rings. The van der Waals surface area contributed by atoms with E-state index in [9.17, 15) is 0 Å². The summed E-state index contributed by atoms with van der Waals surface area (Å²) >= 11 is 0. The van der Waals surface area contributed by atoms with Crippen molar-refractivity contribution in [2.75, 3.05) is 33.2 Å². The van der Waals surface area contributed by atoms with Gasteiger partial charge < -0.3 is 5.73 Å². The zero-order chi connectivity index (χ0) is 11.4. The van der Waals surface area contributed by atoms with Crippen LogP contribution in [0.25, 0.3) is 0 Å². The Kier molecular flexibility index (Phi) is 4.62. The van der Waals surface area contributed by atoms with Crippen LogP contribution < -0.4 is 5.73 Å². The van der Waals surface area contributed by atoms with E-state index in [-0.39, 0.29) is 0 Å².